The molecule has 0 saturated heterocycles. The number of anilines is 1. The number of aromatic nitrogens is 1. The molecule has 1 aromatic rings. The van der Waals surface area contributed by atoms with Gasteiger partial charge in [-0.25, -0.2) is 18.1 Å². The van der Waals surface area contributed by atoms with Gasteiger partial charge >= 0.3 is 0 Å². The minimum Gasteiger partial charge on any atom is -0.386 e. The highest BCUT2D eigenvalue weighted by Gasteiger charge is 2.18. The van der Waals surface area contributed by atoms with Crippen LogP contribution in [0.1, 0.15) is 20.3 Å². The third-order valence-corrected chi connectivity index (χ3v) is 4.09. The zero-order chi connectivity index (χ0) is 15.0. The normalized spacial score (nSPS) is 11.8. The quantitative estimate of drug-likeness (QED) is 0.675. The van der Waals surface area contributed by atoms with E-state index in [4.69, 9.17) is 4.74 Å². The first kappa shape index (κ1) is 16.9. The van der Waals surface area contributed by atoms with Gasteiger partial charge in [0.05, 0.1) is 12.3 Å². The summed E-state index contributed by atoms with van der Waals surface area (Å²) in [6.45, 7) is 5.47. The lowest BCUT2D eigenvalue weighted by Gasteiger charge is -2.10. The van der Waals surface area contributed by atoms with Crippen LogP contribution in [0.4, 0.5) is 5.69 Å². The molecule has 0 unspecified atom stereocenters. The van der Waals surface area contributed by atoms with E-state index in [2.05, 4.69) is 28.9 Å². The van der Waals surface area contributed by atoms with Crippen LogP contribution in [0.15, 0.2) is 23.4 Å². The van der Waals surface area contributed by atoms with Crippen LogP contribution < -0.4 is 10.0 Å². The Morgan fingerprint density at radius 2 is 2.10 bits per heavy atom. The summed E-state index contributed by atoms with van der Waals surface area (Å²) in [6.07, 6.45) is 2.42. The van der Waals surface area contributed by atoms with Gasteiger partial charge in [-0.05, 0) is 24.5 Å². The fourth-order valence-electron chi connectivity index (χ4n) is 1.53. The van der Waals surface area contributed by atoms with E-state index in [1.165, 1.54) is 6.20 Å². The Morgan fingerprint density at radius 3 is 2.75 bits per heavy atom. The molecule has 2 N–H and O–H groups in total. The van der Waals surface area contributed by atoms with Crippen molar-refractivity contribution < 1.29 is 13.2 Å². The first-order valence-corrected chi connectivity index (χ1v) is 8.16. The van der Waals surface area contributed by atoms with Crippen LogP contribution in [0.2, 0.25) is 0 Å². The summed E-state index contributed by atoms with van der Waals surface area (Å²) >= 11 is 0. The topological polar surface area (TPSA) is 80.3 Å². The summed E-state index contributed by atoms with van der Waals surface area (Å²) < 4.78 is 32.0. The Hall–Kier alpha value is -1.18. The lowest BCUT2D eigenvalue weighted by molar-refractivity contribution is 0.128. The van der Waals surface area contributed by atoms with Gasteiger partial charge in [-0.15, -0.1) is 0 Å². The van der Waals surface area contributed by atoms with Crippen LogP contribution in [-0.4, -0.2) is 40.2 Å². The maximum absolute atomic E-state index is 12.1. The van der Waals surface area contributed by atoms with Gasteiger partial charge in [-0.2, -0.15) is 0 Å². The molecule has 0 fully saturated rings. The number of nitrogens with zero attached hydrogens (tertiary/aromatic N) is 1. The molecule has 0 aliphatic heterocycles. The van der Waals surface area contributed by atoms with E-state index in [1.807, 2.05) is 0 Å². The number of rotatable bonds is 9. The summed E-state index contributed by atoms with van der Waals surface area (Å²) in [6, 6.07) is 3.35. The van der Waals surface area contributed by atoms with Gasteiger partial charge in [0.2, 0.25) is 0 Å². The van der Waals surface area contributed by atoms with Crippen molar-refractivity contribution in [3.05, 3.63) is 18.3 Å². The molecule has 6 nitrogen and oxygen atoms in total. The average molecular weight is 301 g/mol. The van der Waals surface area contributed by atoms with E-state index in [-0.39, 0.29) is 11.6 Å². The van der Waals surface area contributed by atoms with E-state index in [9.17, 15) is 8.42 Å². The molecule has 0 aliphatic rings. The van der Waals surface area contributed by atoms with Crippen molar-refractivity contribution in [3.63, 3.8) is 0 Å². The number of ether oxygens (including phenoxy) is 1. The molecule has 114 valence electrons. The summed E-state index contributed by atoms with van der Waals surface area (Å²) in [5.74, 6) is 0.582. The molecule has 1 rings (SSSR count). The molecule has 0 spiro atoms. The van der Waals surface area contributed by atoms with Crippen molar-refractivity contribution in [1.82, 2.24) is 9.71 Å². The molecule has 0 aromatic carbocycles. The fourth-order valence-corrected chi connectivity index (χ4v) is 2.68. The summed E-state index contributed by atoms with van der Waals surface area (Å²) in [7, 11) is -1.95. The van der Waals surface area contributed by atoms with E-state index in [0.717, 1.165) is 6.42 Å². The molecular weight excluding hydrogens is 278 g/mol. The highest BCUT2D eigenvalue weighted by Crippen LogP contribution is 2.16. The Bertz CT molecular complexity index is 503. The van der Waals surface area contributed by atoms with Crippen LogP contribution in [0, 0.1) is 5.92 Å². The minimum absolute atomic E-state index is 0.00433. The van der Waals surface area contributed by atoms with E-state index >= 15 is 0 Å². The van der Waals surface area contributed by atoms with Crippen LogP contribution in [-0.2, 0) is 14.8 Å². The predicted molar refractivity (Wildman–Crippen MR) is 79.2 cm³/mol. The van der Waals surface area contributed by atoms with Gasteiger partial charge in [-0.1, -0.05) is 13.8 Å². The van der Waals surface area contributed by atoms with Crippen molar-refractivity contribution >= 4 is 15.7 Å². The van der Waals surface area contributed by atoms with Crippen molar-refractivity contribution in [1.29, 1.82) is 0 Å². The zero-order valence-electron chi connectivity index (χ0n) is 12.2. The Morgan fingerprint density at radius 1 is 1.35 bits per heavy atom. The SMILES string of the molecule is CNc1cccnc1S(=O)(=O)NCCOCCC(C)C. The maximum Gasteiger partial charge on any atom is 0.260 e. The van der Waals surface area contributed by atoms with Crippen molar-refractivity contribution in [3.8, 4) is 0 Å². The summed E-state index contributed by atoms with van der Waals surface area (Å²) in [5, 5.41) is 2.82. The van der Waals surface area contributed by atoms with E-state index < -0.39 is 10.0 Å². The Labute approximate surface area is 121 Å². The largest absolute Gasteiger partial charge is 0.386 e. The average Bonchev–Trinajstić information content (AvgIpc) is 2.42. The first-order chi connectivity index (χ1) is 9.47. The van der Waals surface area contributed by atoms with Gasteiger partial charge in [0.25, 0.3) is 10.0 Å². The summed E-state index contributed by atoms with van der Waals surface area (Å²) in [5.41, 5.74) is 0.473. The number of pyridine rings is 1. The molecule has 0 bridgehead atoms. The predicted octanol–water partition coefficient (Wildman–Crippen LogP) is 1.46. The second kappa shape index (κ2) is 8.18. The highest BCUT2D eigenvalue weighted by atomic mass is 32.2. The van der Waals surface area contributed by atoms with Crippen LogP contribution in [0.5, 0.6) is 0 Å². The summed E-state index contributed by atoms with van der Waals surface area (Å²) in [4.78, 5) is 3.91. The fraction of sp³-hybridized carbons (Fsp3) is 0.615. The molecule has 1 heterocycles. The van der Waals surface area contributed by atoms with Crippen LogP contribution in [0.25, 0.3) is 0 Å². The van der Waals surface area contributed by atoms with E-state index in [1.54, 1.807) is 19.2 Å². The van der Waals surface area contributed by atoms with Crippen LogP contribution in [0.3, 0.4) is 0 Å². The molecule has 0 radical (unpaired) electrons. The number of hydrogen-bond donors (Lipinski definition) is 2. The van der Waals surface area contributed by atoms with Gasteiger partial charge in [-0.3, -0.25) is 0 Å². The molecule has 0 atom stereocenters. The smallest absolute Gasteiger partial charge is 0.260 e. The molecule has 20 heavy (non-hydrogen) atoms. The van der Waals surface area contributed by atoms with Crippen molar-refractivity contribution in [2.45, 2.75) is 25.3 Å². The molecular formula is C13H23N3O3S. The molecule has 1 aromatic heterocycles. The number of hydrogen-bond acceptors (Lipinski definition) is 5. The lowest BCUT2D eigenvalue weighted by atomic mass is 10.1. The number of sulfonamides is 1. The molecule has 7 heteroatoms. The minimum atomic E-state index is -3.61. The van der Waals surface area contributed by atoms with Gasteiger partial charge < -0.3 is 10.1 Å². The second-order valence-corrected chi connectivity index (χ2v) is 6.48. The lowest BCUT2D eigenvalue weighted by Crippen LogP contribution is -2.29. The standard InChI is InChI=1S/C13H23N3O3S/c1-11(2)6-9-19-10-8-16-20(17,18)13-12(14-3)5-4-7-15-13/h4-5,7,11,14,16H,6,8-10H2,1-3H3. The third-order valence-electron chi connectivity index (χ3n) is 2.67. The van der Waals surface area contributed by atoms with Crippen molar-refractivity contribution in [2.24, 2.45) is 5.92 Å². The molecule has 0 amide bonds. The van der Waals surface area contributed by atoms with Crippen LogP contribution >= 0.6 is 0 Å². The van der Waals surface area contributed by atoms with Gasteiger partial charge in [0, 0.05) is 26.4 Å². The number of nitrogens with one attached hydrogen (secondary N) is 2. The van der Waals surface area contributed by atoms with Gasteiger partial charge in [0.1, 0.15) is 0 Å². The molecule has 0 saturated carbocycles. The Balaban J connectivity index is 2.46. The zero-order valence-corrected chi connectivity index (χ0v) is 13.0. The monoisotopic (exact) mass is 301 g/mol. The highest BCUT2D eigenvalue weighted by molar-refractivity contribution is 7.89. The maximum atomic E-state index is 12.1. The third kappa shape index (κ3) is 5.44. The van der Waals surface area contributed by atoms with Gasteiger partial charge in [0.15, 0.2) is 5.03 Å². The Kier molecular flexibility index (Phi) is 6.90. The van der Waals surface area contributed by atoms with E-state index in [0.29, 0.717) is 24.8 Å². The van der Waals surface area contributed by atoms with Crippen molar-refractivity contribution in [2.75, 3.05) is 32.1 Å². The second-order valence-electron chi connectivity index (χ2n) is 4.80. The first-order valence-electron chi connectivity index (χ1n) is 6.67. The molecule has 0 aliphatic carbocycles.